The quantitative estimate of drug-likeness (QED) is 0.507. The molecule has 3 rings (SSSR count). The van der Waals surface area contributed by atoms with Crippen LogP contribution < -0.4 is 5.32 Å². The smallest absolute Gasteiger partial charge is 0.244 e. The number of hydrogen-bond acceptors (Lipinski definition) is 3. The van der Waals surface area contributed by atoms with Crippen LogP contribution in [0.15, 0.2) is 65.6 Å². The van der Waals surface area contributed by atoms with E-state index in [0.29, 0.717) is 6.54 Å². The summed E-state index contributed by atoms with van der Waals surface area (Å²) in [4.78, 5) is 13.4. The number of nitrogens with zero attached hydrogens (tertiary/aromatic N) is 2. The molecule has 0 atom stereocenters. The molecule has 27 heavy (non-hydrogen) atoms. The maximum Gasteiger partial charge on any atom is 0.244 e. The van der Waals surface area contributed by atoms with Crippen LogP contribution in [-0.4, -0.2) is 21.9 Å². The molecule has 0 fully saturated rings. The van der Waals surface area contributed by atoms with Crippen LogP contribution in [0.1, 0.15) is 22.5 Å². The molecule has 3 aromatic rings. The molecule has 0 unspecified atom stereocenters. The van der Waals surface area contributed by atoms with Crippen molar-refractivity contribution in [1.82, 2.24) is 15.1 Å². The maximum absolute atomic E-state index is 12.2. The van der Waals surface area contributed by atoms with E-state index in [-0.39, 0.29) is 5.91 Å². The average Bonchev–Trinajstić information content (AvgIpc) is 2.99. The number of aromatic nitrogens is 2. The summed E-state index contributed by atoms with van der Waals surface area (Å²) in [5, 5.41) is 7.57. The molecule has 0 bridgehead atoms. The van der Waals surface area contributed by atoms with Crippen molar-refractivity contribution in [2.45, 2.75) is 25.3 Å². The molecule has 0 saturated carbocycles. The van der Waals surface area contributed by atoms with Gasteiger partial charge < -0.3 is 5.32 Å². The maximum atomic E-state index is 12.2. The predicted molar refractivity (Wildman–Crippen MR) is 112 cm³/mol. The summed E-state index contributed by atoms with van der Waals surface area (Å²) in [6, 6.07) is 18.1. The van der Waals surface area contributed by atoms with Gasteiger partial charge in [0.2, 0.25) is 5.91 Å². The molecule has 1 aromatic heterocycles. The summed E-state index contributed by atoms with van der Waals surface area (Å²) in [5.74, 6) is -0.116. The van der Waals surface area contributed by atoms with E-state index in [0.717, 1.165) is 28.2 Å². The first-order valence-electron chi connectivity index (χ1n) is 8.79. The lowest BCUT2D eigenvalue weighted by atomic mass is 10.2. The number of para-hydroxylation sites is 1. The van der Waals surface area contributed by atoms with Gasteiger partial charge in [0.05, 0.1) is 11.4 Å². The summed E-state index contributed by atoms with van der Waals surface area (Å²) in [6.07, 6.45) is 5.44. The third kappa shape index (κ3) is 4.68. The van der Waals surface area contributed by atoms with Gasteiger partial charge in [-0.1, -0.05) is 30.3 Å². The molecule has 0 saturated heterocycles. The summed E-state index contributed by atoms with van der Waals surface area (Å²) in [6.45, 7) is 4.45. The second-order valence-corrected chi connectivity index (χ2v) is 7.10. The van der Waals surface area contributed by atoms with Crippen molar-refractivity contribution >= 4 is 23.7 Å². The Bertz CT molecular complexity index is 944. The van der Waals surface area contributed by atoms with Gasteiger partial charge in [-0.25, -0.2) is 4.68 Å². The van der Waals surface area contributed by atoms with Gasteiger partial charge in [0, 0.05) is 28.8 Å². The fourth-order valence-corrected chi connectivity index (χ4v) is 3.28. The molecular weight excluding hydrogens is 354 g/mol. The van der Waals surface area contributed by atoms with E-state index in [1.54, 1.807) is 17.8 Å². The van der Waals surface area contributed by atoms with Crippen LogP contribution >= 0.6 is 11.8 Å². The lowest BCUT2D eigenvalue weighted by Gasteiger charge is -2.06. The van der Waals surface area contributed by atoms with Crippen molar-refractivity contribution in [2.24, 2.45) is 0 Å². The normalized spacial score (nSPS) is 11.1. The Balaban J connectivity index is 1.65. The first-order valence-corrected chi connectivity index (χ1v) is 10.0. The summed E-state index contributed by atoms with van der Waals surface area (Å²) < 4.78 is 1.92. The SMILES string of the molecule is CSc1ccc(/C=C/C(=O)NCc2c(C)nn(-c3ccccc3)c2C)cc1. The van der Waals surface area contributed by atoms with Crippen LogP contribution in [0.2, 0.25) is 0 Å². The van der Waals surface area contributed by atoms with E-state index in [1.807, 2.05) is 85.5 Å². The molecule has 1 N–H and O–H groups in total. The van der Waals surface area contributed by atoms with E-state index in [9.17, 15) is 4.79 Å². The Labute approximate surface area is 164 Å². The van der Waals surface area contributed by atoms with E-state index < -0.39 is 0 Å². The molecule has 1 heterocycles. The van der Waals surface area contributed by atoms with Crippen molar-refractivity contribution in [1.29, 1.82) is 0 Å². The Morgan fingerprint density at radius 1 is 1.11 bits per heavy atom. The predicted octanol–water partition coefficient (Wildman–Crippen LogP) is 4.54. The number of rotatable bonds is 6. The molecule has 0 aliphatic carbocycles. The van der Waals surface area contributed by atoms with Crippen molar-refractivity contribution < 1.29 is 4.79 Å². The van der Waals surface area contributed by atoms with E-state index in [4.69, 9.17) is 0 Å². The molecule has 5 heteroatoms. The zero-order chi connectivity index (χ0) is 19.2. The summed E-state index contributed by atoms with van der Waals surface area (Å²) in [7, 11) is 0. The highest BCUT2D eigenvalue weighted by Crippen LogP contribution is 2.18. The van der Waals surface area contributed by atoms with Gasteiger partial charge in [-0.3, -0.25) is 4.79 Å². The lowest BCUT2D eigenvalue weighted by Crippen LogP contribution is -2.21. The second kappa shape index (κ2) is 8.73. The first kappa shape index (κ1) is 19.0. The van der Waals surface area contributed by atoms with Gasteiger partial charge in [0.25, 0.3) is 0 Å². The van der Waals surface area contributed by atoms with Crippen LogP contribution in [-0.2, 0) is 11.3 Å². The van der Waals surface area contributed by atoms with Gasteiger partial charge in [-0.05, 0) is 56.0 Å². The number of hydrogen-bond donors (Lipinski definition) is 1. The number of benzene rings is 2. The minimum atomic E-state index is -0.116. The van der Waals surface area contributed by atoms with E-state index in [1.165, 1.54) is 4.90 Å². The number of amides is 1. The molecular formula is C22H23N3OS. The Hall–Kier alpha value is -2.79. The zero-order valence-electron chi connectivity index (χ0n) is 15.8. The molecule has 0 spiro atoms. The fraction of sp³-hybridized carbons (Fsp3) is 0.182. The topological polar surface area (TPSA) is 46.9 Å². The first-order chi connectivity index (χ1) is 13.1. The van der Waals surface area contributed by atoms with E-state index in [2.05, 4.69) is 10.4 Å². The Morgan fingerprint density at radius 2 is 1.81 bits per heavy atom. The fourth-order valence-electron chi connectivity index (χ4n) is 2.87. The van der Waals surface area contributed by atoms with Gasteiger partial charge >= 0.3 is 0 Å². The van der Waals surface area contributed by atoms with Gasteiger partial charge in [0.15, 0.2) is 0 Å². The third-order valence-corrected chi connectivity index (χ3v) is 5.17. The molecule has 138 valence electrons. The minimum Gasteiger partial charge on any atom is -0.348 e. The van der Waals surface area contributed by atoms with Crippen LogP contribution in [0, 0.1) is 13.8 Å². The Morgan fingerprint density at radius 3 is 2.48 bits per heavy atom. The molecule has 2 aromatic carbocycles. The highest BCUT2D eigenvalue weighted by atomic mass is 32.2. The number of aryl methyl sites for hydroxylation is 1. The molecule has 0 radical (unpaired) electrons. The summed E-state index contributed by atoms with van der Waals surface area (Å²) in [5.41, 5.74) is 5.03. The number of nitrogens with one attached hydrogen (secondary N) is 1. The van der Waals surface area contributed by atoms with Gasteiger partial charge in [-0.2, -0.15) is 5.10 Å². The number of thioether (sulfide) groups is 1. The minimum absolute atomic E-state index is 0.116. The third-order valence-electron chi connectivity index (χ3n) is 4.42. The van der Waals surface area contributed by atoms with Crippen molar-refractivity contribution in [3.8, 4) is 5.69 Å². The highest BCUT2D eigenvalue weighted by molar-refractivity contribution is 7.98. The van der Waals surface area contributed by atoms with E-state index >= 15 is 0 Å². The van der Waals surface area contributed by atoms with Crippen LogP contribution in [0.25, 0.3) is 11.8 Å². The largest absolute Gasteiger partial charge is 0.348 e. The molecule has 0 aliphatic rings. The van der Waals surface area contributed by atoms with Crippen LogP contribution in [0.4, 0.5) is 0 Å². The molecule has 4 nitrogen and oxygen atoms in total. The van der Waals surface area contributed by atoms with Crippen molar-refractivity contribution in [3.63, 3.8) is 0 Å². The van der Waals surface area contributed by atoms with Crippen LogP contribution in [0.3, 0.4) is 0 Å². The number of carbonyl (C=O) groups excluding carboxylic acids is 1. The number of carbonyl (C=O) groups is 1. The lowest BCUT2D eigenvalue weighted by molar-refractivity contribution is -0.116. The highest BCUT2D eigenvalue weighted by Gasteiger charge is 2.13. The Kier molecular flexibility index (Phi) is 6.14. The second-order valence-electron chi connectivity index (χ2n) is 6.22. The average molecular weight is 378 g/mol. The van der Waals surface area contributed by atoms with Gasteiger partial charge in [-0.15, -0.1) is 11.8 Å². The molecule has 0 aliphatic heterocycles. The van der Waals surface area contributed by atoms with Crippen molar-refractivity contribution in [3.05, 3.63) is 83.2 Å². The van der Waals surface area contributed by atoms with Crippen molar-refractivity contribution in [2.75, 3.05) is 6.26 Å². The summed E-state index contributed by atoms with van der Waals surface area (Å²) >= 11 is 1.70. The zero-order valence-corrected chi connectivity index (χ0v) is 16.6. The monoisotopic (exact) mass is 377 g/mol. The molecule has 1 amide bonds. The van der Waals surface area contributed by atoms with Gasteiger partial charge in [0.1, 0.15) is 0 Å². The van der Waals surface area contributed by atoms with Crippen LogP contribution in [0.5, 0.6) is 0 Å². The standard InChI is InChI=1S/C22H23N3OS/c1-16-21(17(2)25(24-16)19-7-5-4-6-8-19)15-23-22(26)14-11-18-9-12-20(27-3)13-10-18/h4-14H,15H2,1-3H3,(H,23,26)/b14-11+.